The van der Waals surface area contributed by atoms with Gasteiger partial charge in [-0.15, -0.1) is 0 Å². The SMILES string of the molecule is CCOc1cc(C(=O)O[C@@H](C(=O)N2CCCC2)c2ccccc2)ccc1OC. The zero-order chi connectivity index (χ0) is 19.9. The molecule has 0 radical (unpaired) electrons. The van der Waals surface area contributed by atoms with Gasteiger partial charge >= 0.3 is 5.97 Å². The summed E-state index contributed by atoms with van der Waals surface area (Å²) < 4.78 is 16.5. The average Bonchev–Trinajstić information content (AvgIpc) is 3.27. The first-order valence-electron chi connectivity index (χ1n) is 9.49. The summed E-state index contributed by atoms with van der Waals surface area (Å²) >= 11 is 0. The Labute approximate surface area is 165 Å². The summed E-state index contributed by atoms with van der Waals surface area (Å²) in [4.78, 5) is 27.6. The number of likely N-dealkylation sites (tertiary alicyclic amines) is 1. The Morgan fingerprint density at radius 2 is 1.75 bits per heavy atom. The van der Waals surface area contributed by atoms with E-state index >= 15 is 0 Å². The first kappa shape index (κ1) is 19.7. The molecule has 1 aliphatic heterocycles. The number of benzene rings is 2. The van der Waals surface area contributed by atoms with Crippen LogP contribution in [0.5, 0.6) is 11.5 Å². The van der Waals surface area contributed by atoms with Crippen LogP contribution in [0.4, 0.5) is 0 Å². The van der Waals surface area contributed by atoms with E-state index in [2.05, 4.69) is 0 Å². The van der Waals surface area contributed by atoms with E-state index in [0.29, 0.717) is 42.3 Å². The van der Waals surface area contributed by atoms with Crippen LogP contribution in [0.2, 0.25) is 0 Å². The molecular weight excluding hydrogens is 358 g/mol. The van der Waals surface area contributed by atoms with E-state index < -0.39 is 12.1 Å². The Morgan fingerprint density at radius 3 is 2.39 bits per heavy atom. The number of ether oxygens (including phenoxy) is 3. The van der Waals surface area contributed by atoms with Crippen molar-refractivity contribution in [2.75, 3.05) is 26.8 Å². The van der Waals surface area contributed by atoms with Crippen LogP contribution in [0.15, 0.2) is 48.5 Å². The van der Waals surface area contributed by atoms with Crippen LogP contribution < -0.4 is 9.47 Å². The molecule has 0 bridgehead atoms. The van der Waals surface area contributed by atoms with Gasteiger partial charge < -0.3 is 19.1 Å². The Balaban J connectivity index is 1.85. The maximum Gasteiger partial charge on any atom is 0.339 e. The summed E-state index contributed by atoms with van der Waals surface area (Å²) in [5.41, 5.74) is 0.964. The molecule has 0 spiro atoms. The number of methoxy groups -OCH3 is 1. The monoisotopic (exact) mass is 383 g/mol. The standard InChI is InChI=1S/C22H25NO5/c1-3-27-19-15-17(11-12-18(19)26-2)22(25)28-20(16-9-5-4-6-10-16)21(24)23-13-7-8-14-23/h4-6,9-12,15,20H,3,7-8,13-14H2,1-2H3/t20-/m1/s1. The van der Waals surface area contributed by atoms with E-state index in [-0.39, 0.29) is 5.91 Å². The highest BCUT2D eigenvalue weighted by Gasteiger charge is 2.31. The van der Waals surface area contributed by atoms with Crippen molar-refractivity contribution in [1.29, 1.82) is 0 Å². The molecule has 148 valence electrons. The van der Waals surface area contributed by atoms with E-state index in [0.717, 1.165) is 12.8 Å². The predicted molar refractivity (Wildman–Crippen MR) is 105 cm³/mol. The van der Waals surface area contributed by atoms with Crippen molar-refractivity contribution in [3.63, 3.8) is 0 Å². The molecule has 0 unspecified atom stereocenters. The Morgan fingerprint density at radius 1 is 1.04 bits per heavy atom. The maximum absolute atomic E-state index is 13.0. The molecule has 0 aromatic heterocycles. The van der Waals surface area contributed by atoms with Crippen molar-refractivity contribution in [2.45, 2.75) is 25.9 Å². The minimum absolute atomic E-state index is 0.185. The molecule has 1 heterocycles. The lowest BCUT2D eigenvalue weighted by atomic mass is 10.1. The molecule has 3 rings (SSSR count). The van der Waals surface area contributed by atoms with Gasteiger partial charge in [0.25, 0.3) is 5.91 Å². The molecule has 0 N–H and O–H groups in total. The second-order valence-electron chi connectivity index (χ2n) is 6.53. The molecule has 0 saturated carbocycles. The normalized spacial score (nSPS) is 14.4. The largest absolute Gasteiger partial charge is 0.493 e. The molecule has 0 aliphatic carbocycles. The van der Waals surface area contributed by atoms with Crippen molar-refractivity contribution in [2.24, 2.45) is 0 Å². The molecule has 28 heavy (non-hydrogen) atoms. The highest BCUT2D eigenvalue weighted by molar-refractivity contribution is 5.93. The van der Waals surface area contributed by atoms with Crippen LogP contribution in [0, 0.1) is 0 Å². The quantitative estimate of drug-likeness (QED) is 0.684. The summed E-state index contributed by atoms with van der Waals surface area (Å²) in [6, 6.07) is 13.9. The minimum Gasteiger partial charge on any atom is -0.493 e. The van der Waals surface area contributed by atoms with E-state index in [4.69, 9.17) is 14.2 Å². The number of esters is 1. The molecule has 1 fully saturated rings. The van der Waals surface area contributed by atoms with Crippen LogP contribution in [0.1, 0.15) is 41.8 Å². The van der Waals surface area contributed by atoms with Gasteiger partial charge in [-0.3, -0.25) is 4.79 Å². The van der Waals surface area contributed by atoms with Gasteiger partial charge in [0, 0.05) is 18.7 Å². The van der Waals surface area contributed by atoms with Gasteiger partial charge in [-0.25, -0.2) is 4.79 Å². The van der Waals surface area contributed by atoms with Crippen molar-refractivity contribution in [3.05, 3.63) is 59.7 Å². The number of hydrogen-bond donors (Lipinski definition) is 0. The van der Waals surface area contributed by atoms with Crippen molar-refractivity contribution < 1.29 is 23.8 Å². The number of amides is 1. The topological polar surface area (TPSA) is 65.1 Å². The molecule has 1 amide bonds. The van der Waals surface area contributed by atoms with Crippen molar-refractivity contribution in [3.8, 4) is 11.5 Å². The Hall–Kier alpha value is -3.02. The lowest BCUT2D eigenvalue weighted by molar-refractivity contribution is -0.140. The van der Waals surface area contributed by atoms with Gasteiger partial charge in [0.05, 0.1) is 19.3 Å². The molecule has 1 atom stereocenters. The van der Waals surface area contributed by atoms with Gasteiger partial charge in [0.15, 0.2) is 11.5 Å². The van der Waals surface area contributed by atoms with Crippen LogP contribution in [-0.2, 0) is 9.53 Å². The molecule has 1 aliphatic rings. The number of hydrogen-bond acceptors (Lipinski definition) is 5. The predicted octanol–water partition coefficient (Wildman–Crippen LogP) is 3.61. The van der Waals surface area contributed by atoms with Crippen LogP contribution >= 0.6 is 0 Å². The van der Waals surface area contributed by atoms with E-state index in [1.54, 1.807) is 35.2 Å². The summed E-state index contributed by atoms with van der Waals surface area (Å²) in [5.74, 6) is 0.230. The lowest BCUT2D eigenvalue weighted by Crippen LogP contribution is -2.34. The second-order valence-corrected chi connectivity index (χ2v) is 6.53. The Kier molecular flexibility index (Phi) is 6.53. The fourth-order valence-corrected chi connectivity index (χ4v) is 3.24. The summed E-state index contributed by atoms with van der Waals surface area (Å²) in [6.07, 6.45) is 0.971. The number of carbonyl (C=O) groups excluding carboxylic acids is 2. The summed E-state index contributed by atoms with van der Waals surface area (Å²) in [7, 11) is 1.54. The fourth-order valence-electron chi connectivity index (χ4n) is 3.24. The third-order valence-corrected chi connectivity index (χ3v) is 4.67. The van der Waals surface area contributed by atoms with Crippen molar-refractivity contribution >= 4 is 11.9 Å². The minimum atomic E-state index is -0.968. The average molecular weight is 383 g/mol. The van der Waals surface area contributed by atoms with E-state index in [1.807, 2.05) is 25.1 Å². The van der Waals surface area contributed by atoms with Crippen LogP contribution in [0.3, 0.4) is 0 Å². The molecule has 1 saturated heterocycles. The van der Waals surface area contributed by atoms with Gasteiger partial charge in [0.2, 0.25) is 6.10 Å². The lowest BCUT2D eigenvalue weighted by Gasteiger charge is -2.23. The zero-order valence-corrected chi connectivity index (χ0v) is 16.2. The number of carbonyl (C=O) groups is 2. The van der Waals surface area contributed by atoms with Gasteiger partial charge in [-0.2, -0.15) is 0 Å². The van der Waals surface area contributed by atoms with Gasteiger partial charge in [0.1, 0.15) is 0 Å². The third kappa shape index (κ3) is 4.44. The van der Waals surface area contributed by atoms with Gasteiger partial charge in [-0.05, 0) is 38.0 Å². The first-order valence-corrected chi connectivity index (χ1v) is 9.49. The van der Waals surface area contributed by atoms with Crippen molar-refractivity contribution in [1.82, 2.24) is 4.90 Å². The van der Waals surface area contributed by atoms with E-state index in [1.165, 1.54) is 7.11 Å². The van der Waals surface area contributed by atoms with Gasteiger partial charge in [-0.1, -0.05) is 30.3 Å². The summed E-state index contributed by atoms with van der Waals surface area (Å²) in [5, 5.41) is 0. The third-order valence-electron chi connectivity index (χ3n) is 4.67. The molecule has 6 heteroatoms. The molecule has 6 nitrogen and oxygen atoms in total. The maximum atomic E-state index is 13.0. The van der Waals surface area contributed by atoms with E-state index in [9.17, 15) is 9.59 Å². The van der Waals surface area contributed by atoms with Crippen LogP contribution in [-0.4, -0.2) is 43.6 Å². The molecular formula is C22H25NO5. The first-order chi connectivity index (χ1) is 13.6. The highest BCUT2D eigenvalue weighted by atomic mass is 16.5. The fraction of sp³-hybridized carbons (Fsp3) is 0.364. The molecule has 2 aromatic rings. The zero-order valence-electron chi connectivity index (χ0n) is 16.2. The highest BCUT2D eigenvalue weighted by Crippen LogP contribution is 2.30. The van der Waals surface area contributed by atoms with Crippen LogP contribution in [0.25, 0.3) is 0 Å². The second kappa shape index (κ2) is 9.26. The summed E-state index contributed by atoms with van der Waals surface area (Å²) in [6.45, 7) is 3.67. The number of nitrogens with zero attached hydrogens (tertiary/aromatic N) is 1. The Bertz CT molecular complexity index is 815. The smallest absolute Gasteiger partial charge is 0.339 e. The molecule has 2 aromatic carbocycles. The number of rotatable bonds is 7.